The van der Waals surface area contributed by atoms with E-state index in [1.165, 1.54) is 0 Å². The fraction of sp³-hybridized carbons (Fsp3) is 0.500. The first-order valence-corrected chi connectivity index (χ1v) is 3.87. The molecule has 1 aromatic rings. The summed E-state index contributed by atoms with van der Waals surface area (Å²) < 4.78 is 0. The second-order valence-electron chi connectivity index (χ2n) is 2.49. The summed E-state index contributed by atoms with van der Waals surface area (Å²) in [6.07, 6.45) is 1.11. The minimum atomic E-state index is 0.859. The number of rotatable bonds is 3. The molecule has 0 amide bonds. The highest BCUT2D eigenvalue weighted by Gasteiger charge is 1.90. The van der Waals surface area contributed by atoms with Crippen molar-refractivity contribution >= 4 is 5.82 Å². The van der Waals surface area contributed by atoms with Crippen LogP contribution in [0.2, 0.25) is 0 Å². The molecule has 3 heteroatoms. The van der Waals surface area contributed by atoms with Crippen LogP contribution in [-0.2, 0) is 0 Å². The summed E-state index contributed by atoms with van der Waals surface area (Å²) in [4.78, 5) is 0. The first kappa shape index (κ1) is 7.98. The normalized spacial score (nSPS) is 9.64. The molecule has 3 nitrogen and oxygen atoms in total. The van der Waals surface area contributed by atoms with Crippen LogP contribution < -0.4 is 5.32 Å². The Hall–Kier alpha value is -1.12. The lowest BCUT2D eigenvalue weighted by atomic mass is 10.4. The molecule has 0 aliphatic carbocycles. The van der Waals surface area contributed by atoms with Crippen LogP contribution in [-0.4, -0.2) is 16.7 Å². The molecule has 0 bridgehead atoms. The second-order valence-corrected chi connectivity index (χ2v) is 2.49. The first-order valence-electron chi connectivity index (χ1n) is 3.87. The Morgan fingerprint density at radius 2 is 2.18 bits per heavy atom. The maximum Gasteiger partial charge on any atom is 0.148 e. The van der Waals surface area contributed by atoms with E-state index in [0.717, 1.165) is 24.5 Å². The van der Waals surface area contributed by atoms with E-state index in [1.807, 2.05) is 19.1 Å². The fourth-order valence-electron chi connectivity index (χ4n) is 0.746. The van der Waals surface area contributed by atoms with Crippen molar-refractivity contribution < 1.29 is 0 Å². The molecule has 0 unspecified atom stereocenters. The van der Waals surface area contributed by atoms with E-state index >= 15 is 0 Å². The Morgan fingerprint density at radius 3 is 2.73 bits per heavy atom. The fourth-order valence-corrected chi connectivity index (χ4v) is 0.746. The smallest absolute Gasteiger partial charge is 0.148 e. The van der Waals surface area contributed by atoms with Crippen molar-refractivity contribution in [3.8, 4) is 0 Å². The maximum absolute atomic E-state index is 3.95. The number of anilines is 1. The lowest BCUT2D eigenvalue weighted by Crippen LogP contribution is -2.02. The molecular formula is C8H13N3. The zero-order valence-electron chi connectivity index (χ0n) is 6.96. The van der Waals surface area contributed by atoms with E-state index in [2.05, 4.69) is 22.4 Å². The Kier molecular flexibility index (Phi) is 2.83. The van der Waals surface area contributed by atoms with Gasteiger partial charge in [-0.1, -0.05) is 6.92 Å². The molecule has 0 saturated carbocycles. The number of nitrogens with zero attached hydrogens (tertiary/aromatic N) is 2. The van der Waals surface area contributed by atoms with Gasteiger partial charge >= 0.3 is 0 Å². The minimum Gasteiger partial charge on any atom is -0.369 e. The molecule has 0 radical (unpaired) electrons. The summed E-state index contributed by atoms with van der Waals surface area (Å²) in [7, 11) is 0. The summed E-state index contributed by atoms with van der Waals surface area (Å²) in [5.41, 5.74) is 0.951. The van der Waals surface area contributed by atoms with Crippen LogP contribution in [0.15, 0.2) is 12.1 Å². The van der Waals surface area contributed by atoms with Crippen LogP contribution in [0.1, 0.15) is 19.0 Å². The van der Waals surface area contributed by atoms with Gasteiger partial charge in [0.05, 0.1) is 5.69 Å². The standard InChI is InChI=1S/C8H13N3/c1-3-6-9-8-5-4-7(2)10-11-8/h4-5H,3,6H2,1-2H3,(H,9,11). The van der Waals surface area contributed by atoms with Crippen LogP contribution in [0.25, 0.3) is 0 Å². The molecule has 0 spiro atoms. The third kappa shape index (κ3) is 2.53. The van der Waals surface area contributed by atoms with Gasteiger partial charge in [0.2, 0.25) is 0 Å². The highest BCUT2D eigenvalue weighted by molar-refractivity contribution is 5.32. The summed E-state index contributed by atoms with van der Waals surface area (Å²) in [6.45, 7) is 5.00. The predicted molar refractivity (Wildman–Crippen MR) is 45.5 cm³/mol. The third-order valence-corrected chi connectivity index (χ3v) is 1.35. The summed E-state index contributed by atoms with van der Waals surface area (Å²) in [5, 5.41) is 11.0. The van der Waals surface area contributed by atoms with Crippen LogP contribution in [0.4, 0.5) is 5.82 Å². The molecule has 11 heavy (non-hydrogen) atoms. The lowest BCUT2D eigenvalue weighted by Gasteiger charge is -2.01. The first-order chi connectivity index (χ1) is 5.33. The van der Waals surface area contributed by atoms with Crippen molar-refractivity contribution in [2.75, 3.05) is 11.9 Å². The number of nitrogens with one attached hydrogen (secondary N) is 1. The van der Waals surface area contributed by atoms with Crippen molar-refractivity contribution in [1.29, 1.82) is 0 Å². The van der Waals surface area contributed by atoms with Crippen molar-refractivity contribution in [1.82, 2.24) is 10.2 Å². The van der Waals surface area contributed by atoms with Crippen LogP contribution in [0, 0.1) is 6.92 Å². The van der Waals surface area contributed by atoms with E-state index in [4.69, 9.17) is 0 Å². The highest BCUT2D eigenvalue weighted by atomic mass is 15.2. The van der Waals surface area contributed by atoms with Crippen molar-refractivity contribution in [3.63, 3.8) is 0 Å². The van der Waals surface area contributed by atoms with Gasteiger partial charge in [0, 0.05) is 6.54 Å². The Morgan fingerprint density at radius 1 is 1.36 bits per heavy atom. The molecule has 0 atom stereocenters. The van der Waals surface area contributed by atoms with Gasteiger partial charge in [0.25, 0.3) is 0 Å². The SMILES string of the molecule is CCCNc1ccc(C)nn1. The topological polar surface area (TPSA) is 37.8 Å². The van der Waals surface area contributed by atoms with Crippen molar-refractivity contribution in [3.05, 3.63) is 17.8 Å². The second kappa shape index (κ2) is 3.91. The molecule has 1 rings (SSSR count). The quantitative estimate of drug-likeness (QED) is 0.713. The van der Waals surface area contributed by atoms with Gasteiger partial charge in [0.15, 0.2) is 0 Å². The van der Waals surface area contributed by atoms with Gasteiger partial charge < -0.3 is 5.32 Å². The average Bonchev–Trinajstić information content (AvgIpc) is 2.04. The molecule has 0 aliphatic heterocycles. The molecule has 1 heterocycles. The summed E-state index contributed by atoms with van der Waals surface area (Å²) in [5.74, 6) is 0.859. The number of aromatic nitrogens is 2. The van der Waals surface area contributed by atoms with Gasteiger partial charge in [-0.15, -0.1) is 5.10 Å². The van der Waals surface area contributed by atoms with Crippen LogP contribution >= 0.6 is 0 Å². The molecule has 1 N–H and O–H groups in total. The Labute approximate surface area is 66.8 Å². The van der Waals surface area contributed by atoms with E-state index < -0.39 is 0 Å². The zero-order chi connectivity index (χ0) is 8.10. The van der Waals surface area contributed by atoms with E-state index in [1.54, 1.807) is 0 Å². The highest BCUT2D eigenvalue weighted by Crippen LogP contribution is 1.99. The monoisotopic (exact) mass is 151 g/mol. The number of hydrogen-bond acceptors (Lipinski definition) is 3. The van der Waals surface area contributed by atoms with E-state index in [9.17, 15) is 0 Å². The van der Waals surface area contributed by atoms with Crippen molar-refractivity contribution in [2.24, 2.45) is 0 Å². The van der Waals surface area contributed by atoms with E-state index in [0.29, 0.717) is 0 Å². The largest absolute Gasteiger partial charge is 0.369 e. The predicted octanol–water partition coefficient (Wildman–Crippen LogP) is 1.61. The molecule has 0 saturated heterocycles. The molecule has 0 aliphatic rings. The summed E-state index contributed by atoms with van der Waals surface area (Å²) in [6, 6.07) is 3.89. The number of hydrogen-bond donors (Lipinski definition) is 1. The van der Waals surface area contributed by atoms with E-state index in [-0.39, 0.29) is 0 Å². The van der Waals surface area contributed by atoms with Gasteiger partial charge in [-0.2, -0.15) is 5.10 Å². The number of aryl methyl sites for hydroxylation is 1. The Balaban J connectivity index is 2.52. The van der Waals surface area contributed by atoms with Crippen molar-refractivity contribution in [2.45, 2.75) is 20.3 Å². The molecule has 0 aromatic carbocycles. The maximum atomic E-state index is 3.95. The molecule has 1 aromatic heterocycles. The average molecular weight is 151 g/mol. The van der Waals surface area contributed by atoms with Gasteiger partial charge in [0.1, 0.15) is 5.82 Å². The van der Waals surface area contributed by atoms with Gasteiger partial charge in [-0.25, -0.2) is 0 Å². The third-order valence-electron chi connectivity index (χ3n) is 1.35. The molecule has 60 valence electrons. The van der Waals surface area contributed by atoms with Gasteiger partial charge in [-0.05, 0) is 25.5 Å². The summed E-state index contributed by atoms with van der Waals surface area (Å²) >= 11 is 0. The van der Waals surface area contributed by atoms with Crippen LogP contribution in [0.5, 0.6) is 0 Å². The Bertz CT molecular complexity index is 205. The lowest BCUT2D eigenvalue weighted by molar-refractivity contribution is 0.929. The molecular weight excluding hydrogens is 138 g/mol. The molecule has 0 fully saturated rings. The van der Waals surface area contributed by atoms with Crippen LogP contribution in [0.3, 0.4) is 0 Å². The van der Waals surface area contributed by atoms with Gasteiger partial charge in [-0.3, -0.25) is 0 Å². The minimum absolute atomic E-state index is 0.859. The zero-order valence-corrected chi connectivity index (χ0v) is 6.96.